The second kappa shape index (κ2) is 7.83. The van der Waals surface area contributed by atoms with Crippen molar-refractivity contribution in [3.8, 4) is 11.8 Å². The number of hydrogen-bond acceptors (Lipinski definition) is 2. The Morgan fingerprint density at radius 2 is 2.26 bits per heavy atom. The largest absolute Gasteiger partial charge is 0.384 e. The second-order valence-corrected chi connectivity index (χ2v) is 4.77. The van der Waals surface area contributed by atoms with E-state index in [1.165, 1.54) is 0 Å². The molecule has 1 rings (SSSR count). The highest BCUT2D eigenvalue weighted by Crippen LogP contribution is 2.21. The molecule has 1 amide bonds. The van der Waals surface area contributed by atoms with Gasteiger partial charge in [-0.1, -0.05) is 43.7 Å². The van der Waals surface area contributed by atoms with Gasteiger partial charge >= 0.3 is 0 Å². The molecule has 0 aliphatic rings. The van der Waals surface area contributed by atoms with Gasteiger partial charge in [0.2, 0.25) is 5.91 Å². The van der Waals surface area contributed by atoms with E-state index in [2.05, 4.69) is 17.2 Å². The lowest BCUT2D eigenvalue weighted by Gasteiger charge is -2.12. The molecule has 0 aromatic heterocycles. The van der Waals surface area contributed by atoms with Crippen LogP contribution in [0, 0.1) is 17.8 Å². The van der Waals surface area contributed by atoms with E-state index in [1.807, 2.05) is 13.8 Å². The Labute approximate surface area is 119 Å². The molecular weight excluding hydrogens is 262 g/mol. The number of amides is 1. The van der Waals surface area contributed by atoms with Crippen LogP contribution in [0.5, 0.6) is 0 Å². The van der Waals surface area contributed by atoms with Crippen molar-refractivity contribution in [3.05, 3.63) is 28.8 Å². The predicted octanol–water partition coefficient (Wildman–Crippen LogP) is 3.06. The van der Waals surface area contributed by atoms with E-state index in [0.29, 0.717) is 16.3 Å². The molecule has 1 unspecified atom stereocenters. The van der Waals surface area contributed by atoms with Crippen LogP contribution in [-0.2, 0) is 4.79 Å². The van der Waals surface area contributed by atoms with E-state index < -0.39 is 0 Å². The van der Waals surface area contributed by atoms with Crippen LogP contribution in [0.1, 0.15) is 32.3 Å². The Bertz CT molecular complexity index is 503. The summed E-state index contributed by atoms with van der Waals surface area (Å²) in [7, 11) is 0. The van der Waals surface area contributed by atoms with Gasteiger partial charge < -0.3 is 10.4 Å². The van der Waals surface area contributed by atoms with Gasteiger partial charge in [0.25, 0.3) is 0 Å². The smallest absolute Gasteiger partial charge is 0.227 e. The first kappa shape index (κ1) is 15.6. The van der Waals surface area contributed by atoms with Crippen molar-refractivity contribution < 1.29 is 9.90 Å². The number of hydrogen-bond donors (Lipinski definition) is 2. The second-order valence-electron chi connectivity index (χ2n) is 4.33. The van der Waals surface area contributed by atoms with Crippen LogP contribution in [-0.4, -0.2) is 17.6 Å². The summed E-state index contributed by atoms with van der Waals surface area (Å²) < 4.78 is 0. The maximum absolute atomic E-state index is 12.0. The van der Waals surface area contributed by atoms with Crippen molar-refractivity contribution in [1.82, 2.24) is 0 Å². The quantitative estimate of drug-likeness (QED) is 0.832. The molecule has 0 fully saturated rings. The Morgan fingerprint density at radius 3 is 2.89 bits per heavy atom. The number of benzene rings is 1. The first-order chi connectivity index (χ1) is 9.08. The minimum Gasteiger partial charge on any atom is -0.384 e. The van der Waals surface area contributed by atoms with E-state index >= 15 is 0 Å². The molecule has 102 valence electrons. The minimum atomic E-state index is -0.230. The van der Waals surface area contributed by atoms with Gasteiger partial charge in [0.1, 0.15) is 6.61 Å². The Balaban J connectivity index is 2.91. The molecule has 4 heteroatoms. The van der Waals surface area contributed by atoms with Crippen molar-refractivity contribution in [3.63, 3.8) is 0 Å². The van der Waals surface area contributed by atoms with Crippen molar-refractivity contribution in [2.75, 3.05) is 11.9 Å². The average molecular weight is 280 g/mol. The standard InChI is InChI=1S/C15H18ClNO2/c1-3-5-11(2)15(19)17-14-8-7-13(16)10-12(14)6-4-9-18/h7-8,10-11,18H,3,5,9H2,1-2H3,(H,17,19). The lowest BCUT2D eigenvalue weighted by Crippen LogP contribution is -2.20. The van der Waals surface area contributed by atoms with Crippen LogP contribution in [0.4, 0.5) is 5.69 Å². The molecule has 0 heterocycles. The number of nitrogens with one attached hydrogen (secondary N) is 1. The molecule has 0 saturated carbocycles. The van der Waals surface area contributed by atoms with Gasteiger partial charge in [-0.15, -0.1) is 0 Å². The van der Waals surface area contributed by atoms with Crippen LogP contribution in [0.2, 0.25) is 5.02 Å². The summed E-state index contributed by atoms with van der Waals surface area (Å²) >= 11 is 5.90. The van der Waals surface area contributed by atoms with Gasteiger partial charge in [0.15, 0.2) is 0 Å². The number of anilines is 1. The molecule has 0 bridgehead atoms. The van der Waals surface area contributed by atoms with Gasteiger partial charge in [0, 0.05) is 16.5 Å². The Kier molecular flexibility index (Phi) is 6.41. The number of carbonyl (C=O) groups is 1. The van der Waals surface area contributed by atoms with Crippen molar-refractivity contribution >= 4 is 23.2 Å². The highest BCUT2D eigenvalue weighted by atomic mass is 35.5. The lowest BCUT2D eigenvalue weighted by atomic mass is 10.0. The molecule has 0 saturated heterocycles. The number of aliphatic hydroxyl groups excluding tert-OH is 1. The molecule has 1 aromatic rings. The summed E-state index contributed by atoms with van der Waals surface area (Å²) in [4.78, 5) is 12.0. The highest BCUT2D eigenvalue weighted by Gasteiger charge is 2.13. The van der Waals surface area contributed by atoms with Crippen molar-refractivity contribution in [1.29, 1.82) is 0 Å². The maximum atomic E-state index is 12.0. The van der Waals surface area contributed by atoms with E-state index in [0.717, 1.165) is 12.8 Å². The number of rotatable bonds is 4. The van der Waals surface area contributed by atoms with Crippen LogP contribution >= 0.6 is 11.6 Å². The first-order valence-electron chi connectivity index (χ1n) is 6.28. The molecule has 2 N–H and O–H groups in total. The SMILES string of the molecule is CCCC(C)C(=O)Nc1ccc(Cl)cc1C#CCO. The third-order valence-corrected chi connectivity index (χ3v) is 2.95. The monoisotopic (exact) mass is 279 g/mol. The number of halogens is 1. The van der Waals surface area contributed by atoms with Crippen molar-refractivity contribution in [2.24, 2.45) is 5.92 Å². The first-order valence-corrected chi connectivity index (χ1v) is 6.66. The van der Waals surface area contributed by atoms with Crippen LogP contribution in [0.3, 0.4) is 0 Å². The topological polar surface area (TPSA) is 49.3 Å². The molecule has 3 nitrogen and oxygen atoms in total. The van der Waals surface area contributed by atoms with E-state index in [9.17, 15) is 4.79 Å². The fourth-order valence-electron chi connectivity index (χ4n) is 1.68. The maximum Gasteiger partial charge on any atom is 0.227 e. The van der Waals surface area contributed by atoms with Gasteiger partial charge in [-0.25, -0.2) is 0 Å². The summed E-state index contributed by atoms with van der Waals surface area (Å²) in [6.45, 7) is 3.71. The normalized spacial score (nSPS) is 11.4. The summed E-state index contributed by atoms with van der Waals surface area (Å²) in [5.41, 5.74) is 1.23. The van der Waals surface area contributed by atoms with Gasteiger partial charge in [-0.2, -0.15) is 0 Å². The van der Waals surface area contributed by atoms with E-state index in [1.54, 1.807) is 18.2 Å². The van der Waals surface area contributed by atoms with Crippen LogP contribution < -0.4 is 5.32 Å². The summed E-state index contributed by atoms with van der Waals surface area (Å²) in [6.07, 6.45) is 1.81. The van der Waals surface area contributed by atoms with Crippen LogP contribution in [0.25, 0.3) is 0 Å². The zero-order chi connectivity index (χ0) is 14.3. The third kappa shape index (κ3) is 4.94. The molecule has 0 aliphatic heterocycles. The Hall–Kier alpha value is -1.50. The zero-order valence-corrected chi connectivity index (χ0v) is 11.9. The minimum absolute atomic E-state index is 0.0313. The fourth-order valence-corrected chi connectivity index (χ4v) is 1.86. The number of carbonyl (C=O) groups excluding carboxylic acids is 1. The molecule has 19 heavy (non-hydrogen) atoms. The molecule has 1 aromatic carbocycles. The average Bonchev–Trinajstić information content (AvgIpc) is 2.39. The number of aliphatic hydroxyl groups is 1. The highest BCUT2D eigenvalue weighted by molar-refractivity contribution is 6.30. The predicted molar refractivity (Wildman–Crippen MR) is 78.1 cm³/mol. The van der Waals surface area contributed by atoms with Crippen molar-refractivity contribution in [2.45, 2.75) is 26.7 Å². The summed E-state index contributed by atoms with van der Waals surface area (Å²) in [6, 6.07) is 5.09. The third-order valence-electron chi connectivity index (χ3n) is 2.71. The molecule has 0 radical (unpaired) electrons. The lowest BCUT2D eigenvalue weighted by molar-refractivity contribution is -0.119. The van der Waals surface area contributed by atoms with Gasteiger partial charge in [0.05, 0.1) is 5.69 Å². The van der Waals surface area contributed by atoms with Gasteiger partial charge in [-0.05, 0) is 24.6 Å². The zero-order valence-electron chi connectivity index (χ0n) is 11.2. The fraction of sp³-hybridized carbons (Fsp3) is 0.400. The van der Waals surface area contributed by atoms with Gasteiger partial charge in [-0.3, -0.25) is 4.79 Å². The summed E-state index contributed by atoms with van der Waals surface area (Å²) in [5, 5.41) is 12.1. The van der Waals surface area contributed by atoms with E-state index in [4.69, 9.17) is 16.7 Å². The molecular formula is C15H18ClNO2. The molecule has 0 spiro atoms. The summed E-state index contributed by atoms with van der Waals surface area (Å²) in [5.74, 6) is 5.26. The van der Waals surface area contributed by atoms with Crippen LogP contribution in [0.15, 0.2) is 18.2 Å². The Morgan fingerprint density at radius 1 is 1.53 bits per heavy atom. The molecule has 1 atom stereocenters. The van der Waals surface area contributed by atoms with E-state index in [-0.39, 0.29) is 18.4 Å². The molecule has 0 aliphatic carbocycles.